The lowest BCUT2D eigenvalue weighted by Gasteiger charge is -2.16. The minimum absolute atomic E-state index is 0.161. The number of nitrogens with one attached hydrogen (secondary N) is 2. The van der Waals surface area contributed by atoms with Gasteiger partial charge in [0.25, 0.3) is 0 Å². The molecule has 2 aromatic rings. The van der Waals surface area contributed by atoms with Crippen LogP contribution in [0, 0.1) is 6.92 Å². The van der Waals surface area contributed by atoms with Gasteiger partial charge in [-0.05, 0) is 19.1 Å². The van der Waals surface area contributed by atoms with Gasteiger partial charge in [-0.15, -0.1) is 0 Å². The summed E-state index contributed by atoms with van der Waals surface area (Å²) in [5.74, 6) is 1.03. The van der Waals surface area contributed by atoms with E-state index in [0.29, 0.717) is 16.7 Å². The topological polar surface area (TPSA) is 73.9 Å². The van der Waals surface area contributed by atoms with Gasteiger partial charge in [0.05, 0.1) is 11.6 Å². The molecule has 1 amide bonds. The second-order valence-electron chi connectivity index (χ2n) is 4.18. The van der Waals surface area contributed by atoms with Gasteiger partial charge >= 0.3 is 0 Å². The molecule has 0 radical (unpaired) electrons. The van der Waals surface area contributed by atoms with Crippen molar-refractivity contribution in [3.05, 3.63) is 35.1 Å². The Labute approximate surface area is 115 Å². The predicted octanol–water partition coefficient (Wildman–Crippen LogP) is 1.84. The van der Waals surface area contributed by atoms with Gasteiger partial charge in [-0.2, -0.15) is 5.10 Å². The van der Waals surface area contributed by atoms with Crippen LogP contribution in [0.25, 0.3) is 0 Å². The van der Waals surface area contributed by atoms with Crippen LogP contribution >= 0.6 is 11.6 Å². The normalized spacial score (nSPS) is 10.3. The van der Waals surface area contributed by atoms with Crippen LogP contribution in [0.2, 0.25) is 5.02 Å². The van der Waals surface area contributed by atoms with Gasteiger partial charge in [-0.3, -0.25) is 9.89 Å². The van der Waals surface area contributed by atoms with Gasteiger partial charge in [0.15, 0.2) is 5.82 Å². The number of hydrogen-bond acceptors (Lipinski definition) is 4. The maximum absolute atomic E-state index is 11.8. The van der Waals surface area contributed by atoms with E-state index in [-0.39, 0.29) is 12.5 Å². The van der Waals surface area contributed by atoms with Crippen molar-refractivity contribution in [2.45, 2.75) is 6.92 Å². The van der Waals surface area contributed by atoms with Crippen LogP contribution in [0.3, 0.4) is 0 Å². The van der Waals surface area contributed by atoms with E-state index in [1.54, 1.807) is 36.3 Å². The largest absolute Gasteiger partial charge is 0.350 e. The molecule has 0 bridgehead atoms. The van der Waals surface area contributed by atoms with Gasteiger partial charge in [-0.1, -0.05) is 11.6 Å². The molecule has 0 saturated heterocycles. The van der Waals surface area contributed by atoms with Gasteiger partial charge in [-0.25, -0.2) is 4.98 Å². The Kier molecular flexibility index (Phi) is 4.01. The van der Waals surface area contributed by atoms with Crippen LogP contribution in [-0.2, 0) is 4.79 Å². The third-order valence-corrected chi connectivity index (χ3v) is 2.68. The van der Waals surface area contributed by atoms with Crippen LogP contribution < -0.4 is 10.2 Å². The first-order chi connectivity index (χ1) is 9.04. The highest BCUT2D eigenvalue weighted by molar-refractivity contribution is 6.30. The number of amides is 1. The molecular formula is C12H14ClN5O. The molecule has 2 rings (SSSR count). The highest BCUT2D eigenvalue weighted by Gasteiger charge is 2.10. The molecule has 0 aliphatic carbocycles. The second-order valence-corrected chi connectivity index (χ2v) is 4.61. The summed E-state index contributed by atoms with van der Waals surface area (Å²) in [6.45, 7) is 2.05. The zero-order chi connectivity index (χ0) is 13.8. The SMILES string of the molecule is Cc1cc(NC(=O)CN(C)c2ccc(Cl)cn2)n[nH]1. The zero-order valence-corrected chi connectivity index (χ0v) is 11.4. The molecule has 2 aromatic heterocycles. The molecule has 0 spiro atoms. The number of anilines is 2. The van der Waals surface area contributed by atoms with Crippen molar-refractivity contribution in [3.63, 3.8) is 0 Å². The molecule has 0 saturated carbocycles. The molecule has 19 heavy (non-hydrogen) atoms. The van der Waals surface area contributed by atoms with Gasteiger partial charge < -0.3 is 10.2 Å². The average Bonchev–Trinajstić information content (AvgIpc) is 2.75. The molecule has 0 aliphatic rings. The van der Waals surface area contributed by atoms with Crippen molar-refractivity contribution < 1.29 is 4.79 Å². The highest BCUT2D eigenvalue weighted by atomic mass is 35.5. The molecule has 0 aliphatic heterocycles. The summed E-state index contributed by atoms with van der Waals surface area (Å²) in [7, 11) is 1.78. The second kappa shape index (κ2) is 5.71. The lowest BCUT2D eigenvalue weighted by molar-refractivity contribution is -0.114. The number of aromatic amines is 1. The van der Waals surface area contributed by atoms with E-state index in [1.165, 1.54) is 0 Å². The number of pyridine rings is 1. The summed E-state index contributed by atoms with van der Waals surface area (Å²) in [4.78, 5) is 17.7. The number of halogens is 1. The molecule has 2 N–H and O–H groups in total. The van der Waals surface area contributed by atoms with Crippen molar-refractivity contribution in [2.24, 2.45) is 0 Å². The van der Waals surface area contributed by atoms with E-state index in [2.05, 4.69) is 20.5 Å². The van der Waals surface area contributed by atoms with Crippen LogP contribution in [0.15, 0.2) is 24.4 Å². The predicted molar refractivity (Wildman–Crippen MR) is 74.5 cm³/mol. The number of aryl methyl sites for hydroxylation is 1. The summed E-state index contributed by atoms with van der Waals surface area (Å²) < 4.78 is 0. The lowest BCUT2D eigenvalue weighted by Crippen LogP contribution is -2.30. The van der Waals surface area contributed by atoms with Gasteiger partial charge in [0, 0.05) is 25.0 Å². The highest BCUT2D eigenvalue weighted by Crippen LogP contribution is 2.12. The Morgan fingerprint density at radius 2 is 2.32 bits per heavy atom. The molecule has 0 unspecified atom stereocenters. The van der Waals surface area contributed by atoms with Crippen molar-refractivity contribution in [2.75, 3.05) is 23.8 Å². The first kappa shape index (κ1) is 13.4. The molecule has 100 valence electrons. The number of nitrogens with zero attached hydrogens (tertiary/aromatic N) is 3. The molecule has 0 atom stereocenters. The van der Waals surface area contributed by atoms with Crippen molar-refractivity contribution in [1.82, 2.24) is 15.2 Å². The van der Waals surface area contributed by atoms with Gasteiger partial charge in [0.2, 0.25) is 5.91 Å². The van der Waals surface area contributed by atoms with Gasteiger partial charge in [0.1, 0.15) is 5.82 Å². The number of aromatic nitrogens is 3. The standard InChI is InChI=1S/C12H14ClN5O/c1-8-5-10(17-16-8)15-12(19)7-18(2)11-4-3-9(13)6-14-11/h3-6H,7H2,1-2H3,(H2,15,16,17,19). The first-order valence-corrected chi connectivity index (χ1v) is 6.07. The van der Waals surface area contributed by atoms with E-state index in [9.17, 15) is 4.79 Å². The molecule has 2 heterocycles. The molecule has 0 fully saturated rings. The summed E-state index contributed by atoms with van der Waals surface area (Å²) >= 11 is 5.76. The quantitative estimate of drug-likeness (QED) is 0.896. The fourth-order valence-corrected chi connectivity index (χ4v) is 1.67. The number of hydrogen-bond donors (Lipinski definition) is 2. The Bertz CT molecular complexity index is 566. The third kappa shape index (κ3) is 3.69. The lowest BCUT2D eigenvalue weighted by atomic mass is 10.4. The van der Waals surface area contributed by atoms with E-state index >= 15 is 0 Å². The van der Waals surface area contributed by atoms with E-state index in [1.807, 2.05) is 6.92 Å². The molecular weight excluding hydrogens is 266 g/mol. The van der Waals surface area contributed by atoms with E-state index < -0.39 is 0 Å². The van der Waals surface area contributed by atoms with E-state index in [0.717, 1.165) is 5.69 Å². The fraction of sp³-hybridized carbons (Fsp3) is 0.250. The smallest absolute Gasteiger partial charge is 0.245 e. The average molecular weight is 280 g/mol. The summed E-state index contributed by atoms with van der Waals surface area (Å²) in [6, 6.07) is 5.25. The van der Waals surface area contributed by atoms with E-state index in [4.69, 9.17) is 11.6 Å². The third-order valence-electron chi connectivity index (χ3n) is 2.46. The molecule has 6 nitrogen and oxygen atoms in total. The minimum Gasteiger partial charge on any atom is -0.350 e. The summed E-state index contributed by atoms with van der Waals surface area (Å²) in [6.07, 6.45) is 1.54. The number of carbonyl (C=O) groups excluding carboxylic acids is 1. The first-order valence-electron chi connectivity index (χ1n) is 5.69. The summed E-state index contributed by atoms with van der Waals surface area (Å²) in [5, 5.41) is 9.96. The van der Waals surface area contributed by atoms with Crippen molar-refractivity contribution in [3.8, 4) is 0 Å². The maximum Gasteiger partial charge on any atom is 0.245 e. The summed E-state index contributed by atoms with van der Waals surface area (Å²) in [5.41, 5.74) is 0.892. The molecule has 0 aromatic carbocycles. The Balaban J connectivity index is 1.93. The maximum atomic E-state index is 11.8. The number of H-pyrrole nitrogens is 1. The fourth-order valence-electron chi connectivity index (χ4n) is 1.55. The van der Waals surface area contributed by atoms with Crippen LogP contribution in [-0.4, -0.2) is 34.7 Å². The van der Waals surface area contributed by atoms with Crippen molar-refractivity contribution in [1.29, 1.82) is 0 Å². The minimum atomic E-state index is -0.161. The Hall–Kier alpha value is -2.08. The Morgan fingerprint density at radius 1 is 1.53 bits per heavy atom. The number of rotatable bonds is 4. The zero-order valence-electron chi connectivity index (χ0n) is 10.6. The van der Waals surface area contributed by atoms with Crippen LogP contribution in [0.1, 0.15) is 5.69 Å². The monoisotopic (exact) mass is 279 g/mol. The van der Waals surface area contributed by atoms with Crippen molar-refractivity contribution >= 4 is 29.1 Å². The van der Waals surface area contributed by atoms with Crippen LogP contribution in [0.4, 0.5) is 11.6 Å². The number of carbonyl (C=O) groups is 1. The molecule has 7 heteroatoms. The Morgan fingerprint density at radius 3 is 2.89 bits per heavy atom. The number of likely N-dealkylation sites (N-methyl/N-ethyl adjacent to an activating group) is 1. The van der Waals surface area contributed by atoms with Crippen LogP contribution in [0.5, 0.6) is 0 Å².